The van der Waals surface area contributed by atoms with Gasteiger partial charge in [-0.1, -0.05) is 13.8 Å². The van der Waals surface area contributed by atoms with Crippen molar-refractivity contribution in [1.82, 2.24) is 15.3 Å². The molecule has 1 aromatic heterocycles. The van der Waals surface area contributed by atoms with Gasteiger partial charge in [-0.15, -0.1) is 0 Å². The van der Waals surface area contributed by atoms with E-state index in [9.17, 15) is 0 Å². The second-order valence-corrected chi connectivity index (χ2v) is 3.94. The molecule has 0 spiro atoms. The van der Waals surface area contributed by atoms with Crippen LogP contribution in [-0.4, -0.2) is 30.1 Å². The summed E-state index contributed by atoms with van der Waals surface area (Å²) < 4.78 is 0. The van der Waals surface area contributed by atoms with Crippen LogP contribution in [0.2, 0.25) is 0 Å². The highest BCUT2D eigenvalue weighted by molar-refractivity contribution is 5.28. The number of aryl methyl sites for hydroxylation is 1. The molecule has 0 unspecified atom stereocenters. The fraction of sp³-hybridized carbons (Fsp3) is 0.636. The molecule has 0 aliphatic rings. The Bertz CT molecular complexity index is 309. The number of likely N-dealkylation sites (N-methyl/N-ethyl adjacent to an activating group) is 1. The molecule has 0 saturated carbocycles. The van der Waals surface area contributed by atoms with Crippen molar-refractivity contribution in [3.8, 4) is 0 Å². The molecule has 1 aromatic rings. The summed E-state index contributed by atoms with van der Waals surface area (Å²) in [6.07, 6.45) is 0. The minimum atomic E-state index is 0.441. The van der Waals surface area contributed by atoms with Crippen molar-refractivity contribution in [2.24, 2.45) is 0 Å². The minimum Gasteiger partial charge on any atom is -0.353 e. The molecule has 0 fully saturated rings. The Morgan fingerprint density at radius 3 is 2.60 bits per heavy atom. The largest absolute Gasteiger partial charge is 0.353 e. The normalized spacial score (nSPS) is 10.7. The average Bonchev–Trinajstić information content (AvgIpc) is 2.17. The Labute approximate surface area is 91.5 Å². The van der Waals surface area contributed by atoms with E-state index in [4.69, 9.17) is 0 Å². The van der Waals surface area contributed by atoms with Crippen LogP contribution in [0.5, 0.6) is 0 Å². The van der Waals surface area contributed by atoms with Gasteiger partial charge in [-0.05, 0) is 26.0 Å². The Balaban J connectivity index is 2.71. The molecule has 0 amide bonds. The van der Waals surface area contributed by atoms with E-state index in [0.29, 0.717) is 5.92 Å². The van der Waals surface area contributed by atoms with Crippen molar-refractivity contribution in [2.45, 2.75) is 26.7 Å². The Kier molecular flexibility index (Phi) is 4.49. The highest BCUT2D eigenvalue weighted by atomic mass is 15.1. The summed E-state index contributed by atoms with van der Waals surface area (Å²) >= 11 is 0. The number of nitrogens with one attached hydrogen (secondary N) is 2. The number of aromatic nitrogens is 2. The van der Waals surface area contributed by atoms with E-state index in [0.717, 1.165) is 30.4 Å². The first-order valence-electron chi connectivity index (χ1n) is 5.37. The van der Waals surface area contributed by atoms with Gasteiger partial charge in [0.05, 0.1) is 0 Å². The highest BCUT2D eigenvalue weighted by Gasteiger charge is 2.04. The summed E-state index contributed by atoms with van der Waals surface area (Å²) in [6.45, 7) is 8.03. The molecule has 0 bridgehead atoms. The summed E-state index contributed by atoms with van der Waals surface area (Å²) in [5, 5.41) is 6.27. The summed E-state index contributed by atoms with van der Waals surface area (Å²) in [4.78, 5) is 8.79. The van der Waals surface area contributed by atoms with Gasteiger partial charge in [0.15, 0.2) is 0 Å². The number of nitrogens with zero attached hydrogens (tertiary/aromatic N) is 2. The molecule has 0 saturated heterocycles. The molecule has 0 atom stereocenters. The molecule has 4 heteroatoms. The van der Waals surface area contributed by atoms with Crippen LogP contribution in [0.1, 0.15) is 31.2 Å². The van der Waals surface area contributed by atoms with Crippen LogP contribution in [0.15, 0.2) is 6.07 Å². The van der Waals surface area contributed by atoms with Gasteiger partial charge in [0, 0.05) is 24.5 Å². The fourth-order valence-corrected chi connectivity index (χ4v) is 1.27. The van der Waals surface area contributed by atoms with Gasteiger partial charge < -0.3 is 10.6 Å². The van der Waals surface area contributed by atoms with Crippen LogP contribution < -0.4 is 10.6 Å². The summed E-state index contributed by atoms with van der Waals surface area (Å²) in [5.41, 5.74) is 2.11. The van der Waals surface area contributed by atoms with Gasteiger partial charge in [-0.2, -0.15) is 0 Å². The first-order valence-corrected chi connectivity index (χ1v) is 5.37. The first-order chi connectivity index (χ1) is 7.13. The van der Waals surface area contributed by atoms with Crippen molar-refractivity contribution in [1.29, 1.82) is 0 Å². The number of rotatable bonds is 5. The van der Waals surface area contributed by atoms with E-state index in [1.807, 2.05) is 20.0 Å². The Morgan fingerprint density at radius 2 is 2.00 bits per heavy atom. The van der Waals surface area contributed by atoms with E-state index >= 15 is 0 Å². The summed E-state index contributed by atoms with van der Waals surface area (Å²) in [5.74, 6) is 1.17. The van der Waals surface area contributed by atoms with Crippen LogP contribution >= 0.6 is 0 Å². The summed E-state index contributed by atoms with van der Waals surface area (Å²) in [6, 6.07) is 2.04. The minimum absolute atomic E-state index is 0.441. The van der Waals surface area contributed by atoms with Crippen molar-refractivity contribution in [3.05, 3.63) is 17.5 Å². The molecular formula is C11H20N4. The lowest BCUT2D eigenvalue weighted by atomic mass is 10.1. The lowest BCUT2D eigenvalue weighted by molar-refractivity contribution is 0.793. The van der Waals surface area contributed by atoms with E-state index in [2.05, 4.69) is 34.4 Å². The first kappa shape index (κ1) is 11.9. The zero-order valence-electron chi connectivity index (χ0n) is 9.96. The van der Waals surface area contributed by atoms with Gasteiger partial charge in [-0.25, -0.2) is 9.97 Å². The smallest absolute Gasteiger partial charge is 0.223 e. The van der Waals surface area contributed by atoms with E-state index in [-0.39, 0.29) is 0 Å². The third kappa shape index (κ3) is 3.83. The molecule has 0 aromatic carbocycles. The van der Waals surface area contributed by atoms with E-state index in [1.165, 1.54) is 0 Å². The number of hydrogen-bond acceptors (Lipinski definition) is 4. The number of hydrogen-bond donors (Lipinski definition) is 2. The maximum atomic E-state index is 4.45. The van der Waals surface area contributed by atoms with Crippen molar-refractivity contribution in [2.75, 3.05) is 25.5 Å². The quantitative estimate of drug-likeness (QED) is 0.721. The zero-order valence-corrected chi connectivity index (χ0v) is 9.96. The highest BCUT2D eigenvalue weighted by Crippen LogP contribution is 2.13. The SMILES string of the molecule is CNCCNc1nc(C)cc(C(C)C)n1. The predicted molar refractivity (Wildman–Crippen MR) is 63.3 cm³/mol. The van der Waals surface area contributed by atoms with Gasteiger partial charge in [0.2, 0.25) is 5.95 Å². The molecule has 0 aliphatic heterocycles. The van der Waals surface area contributed by atoms with Gasteiger partial charge in [0.25, 0.3) is 0 Å². The third-order valence-corrected chi connectivity index (χ3v) is 2.12. The van der Waals surface area contributed by atoms with E-state index in [1.54, 1.807) is 0 Å². The van der Waals surface area contributed by atoms with Crippen LogP contribution in [0.25, 0.3) is 0 Å². The van der Waals surface area contributed by atoms with Crippen LogP contribution in [-0.2, 0) is 0 Å². The molecule has 0 aliphatic carbocycles. The van der Waals surface area contributed by atoms with Crippen molar-refractivity contribution >= 4 is 5.95 Å². The maximum Gasteiger partial charge on any atom is 0.223 e. The number of anilines is 1. The van der Waals surface area contributed by atoms with Crippen molar-refractivity contribution < 1.29 is 0 Å². The predicted octanol–water partition coefficient (Wildman–Crippen LogP) is 1.54. The Hall–Kier alpha value is -1.16. The van der Waals surface area contributed by atoms with Crippen molar-refractivity contribution in [3.63, 3.8) is 0 Å². The topological polar surface area (TPSA) is 49.8 Å². The van der Waals surface area contributed by atoms with Gasteiger partial charge >= 0.3 is 0 Å². The second-order valence-electron chi connectivity index (χ2n) is 3.94. The lowest BCUT2D eigenvalue weighted by Crippen LogP contribution is -2.19. The van der Waals surface area contributed by atoms with Crippen LogP contribution in [0, 0.1) is 6.92 Å². The third-order valence-electron chi connectivity index (χ3n) is 2.12. The molecule has 1 heterocycles. The fourth-order valence-electron chi connectivity index (χ4n) is 1.27. The molecule has 84 valence electrons. The summed E-state index contributed by atoms with van der Waals surface area (Å²) in [7, 11) is 1.93. The average molecular weight is 208 g/mol. The molecule has 2 N–H and O–H groups in total. The van der Waals surface area contributed by atoms with Crippen LogP contribution in [0.4, 0.5) is 5.95 Å². The Morgan fingerprint density at radius 1 is 1.27 bits per heavy atom. The molecular weight excluding hydrogens is 188 g/mol. The van der Waals surface area contributed by atoms with Gasteiger partial charge in [-0.3, -0.25) is 0 Å². The standard InChI is InChI=1S/C11H20N4/c1-8(2)10-7-9(3)14-11(15-10)13-6-5-12-4/h7-8,12H,5-6H2,1-4H3,(H,13,14,15). The second kappa shape index (κ2) is 5.66. The van der Waals surface area contributed by atoms with Crippen LogP contribution in [0.3, 0.4) is 0 Å². The maximum absolute atomic E-state index is 4.45. The molecule has 15 heavy (non-hydrogen) atoms. The van der Waals surface area contributed by atoms with Gasteiger partial charge in [0.1, 0.15) is 0 Å². The molecule has 4 nitrogen and oxygen atoms in total. The molecule has 0 radical (unpaired) electrons. The lowest BCUT2D eigenvalue weighted by Gasteiger charge is -2.09. The molecule has 1 rings (SSSR count). The van der Waals surface area contributed by atoms with E-state index < -0.39 is 0 Å². The monoisotopic (exact) mass is 208 g/mol. The zero-order chi connectivity index (χ0) is 11.3.